The summed E-state index contributed by atoms with van der Waals surface area (Å²) >= 11 is 2.00. The summed E-state index contributed by atoms with van der Waals surface area (Å²) in [7, 11) is 0. The molecule has 0 spiro atoms. The maximum Gasteiger partial charge on any atom is 0.163 e. The van der Waals surface area contributed by atoms with Gasteiger partial charge in [0.2, 0.25) is 0 Å². The lowest BCUT2D eigenvalue weighted by Crippen LogP contribution is -1.97. The van der Waals surface area contributed by atoms with Crippen LogP contribution in [-0.2, 0) is 0 Å². The van der Waals surface area contributed by atoms with Crippen LogP contribution in [0.4, 0.5) is 0 Å². The van der Waals surface area contributed by atoms with E-state index in [-0.39, 0.29) is 11.5 Å². The minimum Gasteiger partial charge on any atom is -0.506 e. The molecule has 0 amide bonds. The second-order valence-electron chi connectivity index (χ2n) is 2.64. The number of ketones is 1. The summed E-state index contributed by atoms with van der Waals surface area (Å²) in [6.45, 7) is 3.27. The number of carbonyl (C=O) groups excluding carboxylic acids is 1. The Labute approximate surface area is 84.7 Å². The highest BCUT2D eigenvalue weighted by atomic mass is 127. The molecule has 0 aliphatic rings. The summed E-state index contributed by atoms with van der Waals surface area (Å²) < 4.78 is 0.711. The molecular weight excluding hydrogens is 267 g/mol. The average molecular weight is 276 g/mol. The second-order valence-corrected chi connectivity index (χ2v) is 3.81. The van der Waals surface area contributed by atoms with Crippen molar-refractivity contribution in [2.75, 3.05) is 0 Å². The number of phenols is 1. The fourth-order valence-electron chi connectivity index (χ4n) is 1.11. The number of hydrogen-bond donors (Lipinski definition) is 1. The molecule has 1 aromatic rings. The molecule has 0 heterocycles. The molecule has 1 aromatic carbocycles. The summed E-state index contributed by atoms with van der Waals surface area (Å²) in [4.78, 5) is 11.1. The molecule has 0 radical (unpaired) electrons. The van der Waals surface area contributed by atoms with E-state index in [1.807, 2.05) is 35.6 Å². The van der Waals surface area contributed by atoms with E-state index in [0.29, 0.717) is 9.13 Å². The van der Waals surface area contributed by atoms with Crippen molar-refractivity contribution in [1.82, 2.24) is 0 Å². The lowest BCUT2D eigenvalue weighted by Gasteiger charge is -2.05. The van der Waals surface area contributed by atoms with E-state index in [4.69, 9.17) is 0 Å². The number of rotatable bonds is 1. The van der Waals surface area contributed by atoms with Crippen molar-refractivity contribution in [3.05, 3.63) is 26.8 Å². The quantitative estimate of drug-likeness (QED) is 0.632. The Hall–Kier alpha value is -0.580. The molecule has 64 valence electrons. The van der Waals surface area contributed by atoms with E-state index in [2.05, 4.69) is 0 Å². The molecule has 0 aliphatic heterocycles. The van der Waals surface area contributed by atoms with Crippen molar-refractivity contribution in [3.8, 4) is 5.75 Å². The highest BCUT2D eigenvalue weighted by Crippen LogP contribution is 2.27. The number of aromatic hydroxyl groups is 1. The van der Waals surface area contributed by atoms with Gasteiger partial charge in [-0.1, -0.05) is 6.07 Å². The van der Waals surface area contributed by atoms with E-state index in [9.17, 15) is 9.90 Å². The van der Waals surface area contributed by atoms with Crippen molar-refractivity contribution >= 4 is 28.4 Å². The Morgan fingerprint density at radius 1 is 1.50 bits per heavy atom. The average Bonchev–Trinajstić information content (AvgIpc) is 1.97. The van der Waals surface area contributed by atoms with Gasteiger partial charge in [-0.25, -0.2) is 0 Å². The Morgan fingerprint density at radius 2 is 2.08 bits per heavy atom. The van der Waals surface area contributed by atoms with Crippen molar-refractivity contribution in [2.24, 2.45) is 0 Å². The maximum atomic E-state index is 11.1. The second kappa shape index (κ2) is 3.43. The molecule has 0 bridgehead atoms. The van der Waals surface area contributed by atoms with Gasteiger partial charge in [0.1, 0.15) is 5.75 Å². The highest BCUT2D eigenvalue weighted by Gasteiger charge is 2.11. The molecule has 0 saturated heterocycles. The van der Waals surface area contributed by atoms with E-state index in [1.165, 1.54) is 6.92 Å². The standard InChI is InChI=1S/C9H9IO2/c1-5-3-4-7(10)9(12)8(5)6(2)11/h3-4,12H,1-2H3. The van der Waals surface area contributed by atoms with E-state index in [0.717, 1.165) is 5.56 Å². The summed E-state index contributed by atoms with van der Waals surface area (Å²) in [5.41, 5.74) is 1.25. The predicted molar refractivity (Wildman–Crippen MR) is 55.6 cm³/mol. The lowest BCUT2D eigenvalue weighted by molar-refractivity contribution is 0.101. The van der Waals surface area contributed by atoms with Crippen LogP contribution in [0.1, 0.15) is 22.8 Å². The third-order valence-corrected chi connectivity index (χ3v) is 2.56. The zero-order valence-electron chi connectivity index (χ0n) is 6.89. The van der Waals surface area contributed by atoms with Gasteiger partial charge in [-0.05, 0) is 48.1 Å². The molecule has 0 fully saturated rings. The van der Waals surface area contributed by atoms with Gasteiger partial charge in [0, 0.05) is 0 Å². The van der Waals surface area contributed by atoms with Crippen molar-refractivity contribution in [1.29, 1.82) is 0 Å². The number of hydrogen-bond acceptors (Lipinski definition) is 2. The van der Waals surface area contributed by atoms with Gasteiger partial charge in [-0.15, -0.1) is 0 Å². The Balaban J connectivity index is 3.43. The lowest BCUT2D eigenvalue weighted by atomic mass is 10.0. The van der Waals surface area contributed by atoms with Crippen LogP contribution in [0.3, 0.4) is 0 Å². The molecular formula is C9H9IO2. The molecule has 0 unspecified atom stereocenters. The topological polar surface area (TPSA) is 37.3 Å². The molecule has 12 heavy (non-hydrogen) atoms. The van der Waals surface area contributed by atoms with Gasteiger partial charge in [-0.3, -0.25) is 4.79 Å². The first-order valence-corrected chi connectivity index (χ1v) is 4.61. The predicted octanol–water partition coefficient (Wildman–Crippen LogP) is 2.51. The Bertz CT molecular complexity index is 332. The highest BCUT2D eigenvalue weighted by molar-refractivity contribution is 14.1. The van der Waals surface area contributed by atoms with Crippen LogP contribution in [0.5, 0.6) is 5.75 Å². The van der Waals surface area contributed by atoms with E-state index in [1.54, 1.807) is 6.07 Å². The van der Waals surface area contributed by atoms with Crippen molar-refractivity contribution in [2.45, 2.75) is 13.8 Å². The van der Waals surface area contributed by atoms with Crippen LogP contribution in [0.15, 0.2) is 12.1 Å². The monoisotopic (exact) mass is 276 g/mol. The maximum absolute atomic E-state index is 11.1. The molecule has 1 N–H and O–H groups in total. The van der Waals surface area contributed by atoms with E-state index < -0.39 is 0 Å². The largest absolute Gasteiger partial charge is 0.506 e. The number of halogens is 1. The summed E-state index contributed by atoms with van der Waals surface area (Å²) in [6.07, 6.45) is 0. The molecule has 0 atom stereocenters. The zero-order chi connectivity index (χ0) is 9.30. The van der Waals surface area contributed by atoms with Gasteiger partial charge in [-0.2, -0.15) is 0 Å². The SMILES string of the molecule is CC(=O)c1c(C)ccc(I)c1O. The number of phenolic OH excluding ortho intramolecular Hbond substituents is 1. The van der Waals surface area contributed by atoms with Crippen molar-refractivity contribution in [3.63, 3.8) is 0 Å². The molecule has 0 aromatic heterocycles. The first-order valence-electron chi connectivity index (χ1n) is 3.53. The number of Topliss-reactive ketones (excluding diaryl/α,β-unsaturated/α-hetero) is 1. The van der Waals surface area contributed by atoms with Crippen LogP contribution in [0.2, 0.25) is 0 Å². The first kappa shape index (κ1) is 9.51. The molecule has 0 aliphatic carbocycles. The van der Waals surface area contributed by atoms with Gasteiger partial charge >= 0.3 is 0 Å². The van der Waals surface area contributed by atoms with Crippen LogP contribution < -0.4 is 0 Å². The molecule has 2 nitrogen and oxygen atoms in total. The van der Waals surface area contributed by atoms with Crippen molar-refractivity contribution < 1.29 is 9.90 Å². The van der Waals surface area contributed by atoms with Gasteiger partial charge in [0.25, 0.3) is 0 Å². The Kier molecular flexibility index (Phi) is 2.72. The molecule has 3 heteroatoms. The number of carbonyl (C=O) groups is 1. The fraction of sp³-hybridized carbons (Fsp3) is 0.222. The van der Waals surface area contributed by atoms with Gasteiger partial charge in [0.05, 0.1) is 9.13 Å². The van der Waals surface area contributed by atoms with Crippen LogP contribution >= 0.6 is 22.6 Å². The minimum absolute atomic E-state index is 0.0940. The summed E-state index contributed by atoms with van der Waals surface area (Å²) in [5.74, 6) is 0.00613. The van der Waals surface area contributed by atoms with Crippen LogP contribution in [-0.4, -0.2) is 10.9 Å². The molecule has 0 saturated carbocycles. The zero-order valence-corrected chi connectivity index (χ0v) is 9.05. The first-order chi connectivity index (χ1) is 5.54. The number of benzene rings is 1. The summed E-state index contributed by atoms with van der Waals surface area (Å²) in [5, 5.41) is 9.52. The minimum atomic E-state index is -0.0940. The Morgan fingerprint density at radius 3 is 2.50 bits per heavy atom. The smallest absolute Gasteiger partial charge is 0.163 e. The fourth-order valence-corrected chi connectivity index (χ4v) is 1.56. The van der Waals surface area contributed by atoms with Gasteiger partial charge in [0.15, 0.2) is 5.78 Å². The third kappa shape index (κ3) is 1.60. The van der Waals surface area contributed by atoms with E-state index >= 15 is 0 Å². The van der Waals surface area contributed by atoms with Crippen LogP contribution in [0.25, 0.3) is 0 Å². The van der Waals surface area contributed by atoms with Crippen LogP contribution in [0, 0.1) is 10.5 Å². The third-order valence-electron chi connectivity index (χ3n) is 1.69. The normalized spacial score (nSPS) is 9.92. The summed E-state index contributed by atoms with van der Waals surface area (Å²) in [6, 6.07) is 3.62. The van der Waals surface area contributed by atoms with Gasteiger partial charge < -0.3 is 5.11 Å². The number of aryl methyl sites for hydroxylation is 1. The molecule has 1 rings (SSSR count).